The van der Waals surface area contributed by atoms with Crippen molar-refractivity contribution in [2.24, 2.45) is 0 Å². The molecule has 17 heavy (non-hydrogen) atoms. The molecule has 1 aliphatic heterocycles. The number of terminal acetylenes is 1. The number of hydrogen-bond donors (Lipinski definition) is 1. The van der Waals surface area contributed by atoms with Gasteiger partial charge in [0.2, 0.25) is 0 Å². The molecule has 1 aromatic carbocycles. The Hall–Kier alpha value is -1.11. The van der Waals surface area contributed by atoms with Crippen molar-refractivity contribution < 1.29 is 4.74 Å². The van der Waals surface area contributed by atoms with Crippen LogP contribution in [0.1, 0.15) is 12.8 Å². The number of likely N-dealkylation sites (N-methyl/N-ethyl adjacent to an activating group) is 1. The van der Waals surface area contributed by atoms with Gasteiger partial charge in [0.1, 0.15) is 11.9 Å². The van der Waals surface area contributed by atoms with Gasteiger partial charge in [-0.2, -0.15) is 0 Å². The second-order valence-electron chi connectivity index (χ2n) is 4.05. The molecule has 0 radical (unpaired) electrons. The molecule has 0 spiro atoms. The van der Waals surface area contributed by atoms with Gasteiger partial charge in [0.15, 0.2) is 0 Å². The molecule has 2 atom stereocenters. The molecule has 2 unspecified atom stereocenters. The lowest BCUT2D eigenvalue weighted by atomic mass is 10.1. The highest BCUT2D eigenvalue weighted by atomic mass is 32.2. The Kier molecular flexibility index (Phi) is 4.36. The topological polar surface area (TPSA) is 21.3 Å². The second kappa shape index (κ2) is 6.00. The molecule has 0 saturated heterocycles. The van der Waals surface area contributed by atoms with Crippen molar-refractivity contribution in [2.45, 2.75) is 29.9 Å². The Labute approximate surface area is 107 Å². The Morgan fingerprint density at radius 3 is 3.18 bits per heavy atom. The monoisotopic (exact) mass is 247 g/mol. The maximum absolute atomic E-state index is 6.03. The zero-order chi connectivity index (χ0) is 12.1. The van der Waals surface area contributed by atoms with Crippen LogP contribution < -0.4 is 10.1 Å². The number of thioether (sulfide) groups is 1. The molecule has 90 valence electrons. The minimum absolute atomic E-state index is 0.202. The average Bonchev–Trinajstić information content (AvgIpc) is 2.39. The molecule has 0 aliphatic carbocycles. The van der Waals surface area contributed by atoms with Gasteiger partial charge in [0, 0.05) is 23.1 Å². The Morgan fingerprint density at radius 2 is 2.41 bits per heavy atom. The lowest BCUT2D eigenvalue weighted by Crippen LogP contribution is -2.44. The summed E-state index contributed by atoms with van der Waals surface area (Å²) >= 11 is 1.86. The molecule has 1 aliphatic rings. The molecule has 0 bridgehead atoms. The first-order chi connectivity index (χ1) is 8.35. The van der Waals surface area contributed by atoms with Crippen molar-refractivity contribution in [3.8, 4) is 18.1 Å². The molecule has 2 nitrogen and oxygen atoms in total. The lowest BCUT2D eigenvalue weighted by molar-refractivity contribution is 0.166. The lowest BCUT2D eigenvalue weighted by Gasteiger charge is -2.31. The fourth-order valence-electron chi connectivity index (χ4n) is 1.99. The number of rotatable bonds is 4. The summed E-state index contributed by atoms with van der Waals surface area (Å²) in [6.07, 6.45) is 7.26. The first-order valence-corrected chi connectivity index (χ1v) is 6.83. The van der Waals surface area contributed by atoms with Crippen LogP contribution >= 0.6 is 11.8 Å². The average molecular weight is 247 g/mol. The van der Waals surface area contributed by atoms with E-state index in [1.165, 1.54) is 4.90 Å². The Bertz CT molecular complexity index is 413. The standard InChI is InChI=1S/C14H17NOS/c1-3-4-7-11(15-2)13-10-17-14-9-6-5-8-12(14)16-13/h1,5-6,8-9,11,13,15H,4,7,10H2,2H3. The van der Waals surface area contributed by atoms with E-state index in [1.54, 1.807) is 0 Å². The van der Waals surface area contributed by atoms with E-state index < -0.39 is 0 Å². The third kappa shape index (κ3) is 2.96. The first-order valence-electron chi connectivity index (χ1n) is 5.84. The quantitative estimate of drug-likeness (QED) is 0.826. The molecule has 0 saturated carbocycles. The van der Waals surface area contributed by atoms with E-state index in [2.05, 4.69) is 17.3 Å². The van der Waals surface area contributed by atoms with E-state index in [4.69, 9.17) is 11.2 Å². The molecule has 0 amide bonds. The molecule has 1 aromatic rings. The van der Waals surface area contributed by atoms with E-state index in [9.17, 15) is 0 Å². The molecule has 1 heterocycles. The molecular weight excluding hydrogens is 230 g/mol. The van der Waals surface area contributed by atoms with Crippen molar-refractivity contribution in [2.75, 3.05) is 12.8 Å². The Balaban J connectivity index is 2.03. The van der Waals surface area contributed by atoms with E-state index in [0.717, 1.165) is 24.3 Å². The summed E-state index contributed by atoms with van der Waals surface area (Å²) in [6, 6.07) is 8.52. The van der Waals surface area contributed by atoms with Gasteiger partial charge in [-0.3, -0.25) is 0 Å². The van der Waals surface area contributed by atoms with E-state index in [-0.39, 0.29) is 6.10 Å². The second-order valence-corrected chi connectivity index (χ2v) is 5.11. The van der Waals surface area contributed by atoms with Gasteiger partial charge in [-0.25, -0.2) is 0 Å². The van der Waals surface area contributed by atoms with Crippen LogP contribution in [0.15, 0.2) is 29.2 Å². The minimum atomic E-state index is 0.202. The molecular formula is C14H17NOS. The maximum atomic E-state index is 6.03. The van der Waals surface area contributed by atoms with Gasteiger partial charge in [-0.1, -0.05) is 12.1 Å². The molecule has 0 fully saturated rings. The SMILES string of the molecule is C#CCCC(NC)C1CSc2ccccc2O1. The fourth-order valence-corrected chi connectivity index (χ4v) is 3.07. The van der Waals surface area contributed by atoms with Crippen molar-refractivity contribution in [3.05, 3.63) is 24.3 Å². The van der Waals surface area contributed by atoms with Crippen LogP contribution in [0.5, 0.6) is 5.75 Å². The van der Waals surface area contributed by atoms with Crippen molar-refractivity contribution >= 4 is 11.8 Å². The van der Waals surface area contributed by atoms with Crippen LogP contribution in [0.25, 0.3) is 0 Å². The summed E-state index contributed by atoms with van der Waals surface area (Å²) in [5, 5.41) is 3.30. The summed E-state index contributed by atoms with van der Waals surface area (Å²) in [7, 11) is 1.97. The smallest absolute Gasteiger partial charge is 0.133 e. The molecule has 3 heteroatoms. The van der Waals surface area contributed by atoms with Crippen LogP contribution in [0.2, 0.25) is 0 Å². The maximum Gasteiger partial charge on any atom is 0.133 e. The zero-order valence-electron chi connectivity index (χ0n) is 9.98. The number of nitrogens with one attached hydrogen (secondary N) is 1. The van der Waals surface area contributed by atoms with Crippen LogP contribution in [-0.4, -0.2) is 24.9 Å². The molecule has 2 rings (SSSR count). The number of ether oxygens (including phenoxy) is 1. The third-order valence-electron chi connectivity index (χ3n) is 2.95. The molecule has 0 aromatic heterocycles. The van der Waals surface area contributed by atoms with Gasteiger partial charge in [-0.05, 0) is 25.6 Å². The van der Waals surface area contributed by atoms with E-state index in [0.29, 0.717) is 6.04 Å². The number of para-hydroxylation sites is 1. The van der Waals surface area contributed by atoms with Crippen LogP contribution in [-0.2, 0) is 0 Å². The highest BCUT2D eigenvalue weighted by Crippen LogP contribution is 2.36. The first kappa shape index (κ1) is 12.3. The zero-order valence-corrected chi connectivity index (χ0v) is 10.8. The minimum Gasteiger partial charge on any atom is -0.487 e. The summed E-state index contributed by atoms with van der Waals surface area (Å²) in [5.74, 6) is 4.66. The largest absolute Gasteiger partial charge is 0.487 e. The number of fused-ring (bicyclic) bond motifs is 1. The highest BCUT2D eigenvalue weighted by Gasteiger charge is 2.26. The van der Waals surface area contributed by atoms with Crippen molar-refractivity contribution in [3.63, 3.8) is 0 Å². The van der Waals surface area contributed by atoms with Crippen LogP contribution in [0, 0.1) is 12.3 Å². The van der Waals surface area contributed by atoms with E-state index >= 15 is 0 Å². The molecule has 1 N–H and O–H groups in total. The van der Waals surface area contributed by atoms with Gasteiger partial charge in [0.25, 0.3) is 0 Å². The summed E-state index contributed by atoms with van der Waals surface area (Å²) in [4.78, 5) is 1.23. The van der Waals surface area contributed by atoms with Gasteiger partial charge in [0.05, 0.1) is 0 Å². The Morgan fingerprint density at radius 1 is 1.59 bits per heavy atom. The number of benzene rings is 1. The third-order valence-corrected chi connectivity index (χ3v) is 4.09. The van der Waals surface area contributed by atoms with Crippen molar-refractivity contribution in [1.82, 2.24) is 5.32 Å². The van der Waals surface area contributed by atoms with Crippen LogP contribution in [0.4, 0.5) is 0 Å². The van der Waals surface area contributed by atoms with E-state index in [1.807, 2.05) is 37.0 Å². The number of hydrogen-bond acceptors (Lipinski definition) is 3. The fraction of sp³-hybridized carbons (Fsp3) is 0.429. The predicted molar refractivity (Wildman–Crippen MR) is 72.5 cm³/mol. The van der Waals surface area contributed by atoms with Gasteiger partial charge >= 0.3 is 0 Å². The van der Waals surface area contributed by atoms with Gasteiger partial charge in [-0.15, -0.1) is 24.1 Å². The van der Waals surface area contributed by atoms with Crippen LogP contribution in [0.3, 0.4) is 0 Å². The summed E-state index contributed by atoms with van der Waals surface area (Å²) < 4.78 is 6.03. The summed E-state index contributed by atoms with van der Waals surface area (Å²) in [5.41, 5.74) is 0. The normalized spacial score (nSPS) is 19.9. The highest BCUT2D eigenvalue weighted by molar-refractivity contribution is 7.99. The van der Waals surface area contributed by atoms with Gasteiger partial charge < -0.3 is 10.1 Å². The van der Waals surface area contributed by atoms with Crippen molar-refractivity contribution in [1.29, 1.82) is 0 Å². The summed E-state index contributed by atoms with van der Waals surface area (Å²) in [6.45, 7) is 0. The predicted octanol–water partition coefficient (Wildman–Crippen LogP) is 2.54.